The van der Waals surface area contributed by atoms with Crippen molar-refractivity contribution in [1.82, 2.24) is 9.88 Å². The van der Waals surface area contributed by atoms with Crippen LogP contribution in [0.4, 0.5) is 0 Å². The summed E-state index contributed by atoms with van der Waals surface area (Å²) in [7, 11) is 0. The molecule has 2 heterocycles. The second-order valence-electron chi connectivity index (χ2n) is 7.47. The van der Waals surface area contributed by atoms with Crippen molar-refractivity contribution in [2.24, 2.45) is 0 Å². The quantitative estimate of drug-likeness (QED) is 0.639. The lowest BCUT2D eigenvalue weighted by Gasteiger charge is -2.26. The van der Waals surface area contributed by atoms with E-state index in [2.05, 4.69) is 67.5 Å². The van der Waals surface area contributed by atoms with E-state index in [1.807, 2.05) is 11.0 Å². The van der Waals surface area contributed by atoms with E-state index in [0.29, 0.717) is 5.75 Å². The Morgan fingerprint density at radius 3 is 2.68 bits per heavy atom. The molecule has 144 valence electrons. The zero-order valence-corrected chi connectivity index (χ0v) is 17.3. The maximum atomic E-state index is 12.6. The zero-order chi connectivity index (χ0) is 19.5. The van der Waals surface area contributed by atoms with Crippen LogP contribution in [0.3, 0.4) is 0 Å². The molecule has 0 bridgehead atoms. The normalized spacial score (nSPS) is 14.4. The molecule has 3 nitrogen and oxygen atoms in total. The maximum absolute atomic E-state index is 12.6. The second kappa shape index (κ2) is 8.27. The van der Waals surface area contributed by atoms with Crippen LogP contribution < -0.4 is 0 Å². The molecule has 0 spiro atoms. The Morgan fingerprint density at radius 2 is 1.93 bits per heavy atom. The average molecular weight is 391 g/mol. The Bertz CT molecular complexity index is 1020. The highest BCUT2D eigenvalue weighted by atomic mass is 32.2. The van der Waals surface area contributed by atoms with Gasteiger partial charge in [0, 0.05) is 35.9 Å². The van der Waals surface area contributed by atoms with Crippen LogP contribution in [-0.2, 0) is 10.5 Å². The molecule has 3 aromatic rings. The van der Waals surface area contributed by atoms with Crippen LogP contribution in [0.25, 0.3) is 16.5 Å². The van der Waals surface area contributed by atoms with Gasteiger partial charge >= 0.3 is 0 Å². The predicted molar refractivity (Wildman–Crippen MR) is 120 cm³/mol. The third-order valence-electron chi connectivity index (χ3n) is 5.57. The molecule has 2 aromatic carbocycles. The number of rotatable bonds is 5. The van der Waals surface area contributed by atoms with Crippen molar-refractivity contribution in [3.63, 3.8) is 0 Å². The largest absolute Gasteiger partial charge is 0.361 e. The lowest BCUT2D eigenvalue weighted by atomic mass is 10.00. The molecule has 4 rings (SSSR count). The maximum Gasteiger partial charge on any atom is 0.232 e. The Kier molecular flexibility index (Phi) is 5.58. The van der Waals surface area contributed by atoms with Gasteiger partial charge in [-0.15, -0.1) is 11.8 Å². The van der Waals surface area contributed by atoms with Gasteiger partial charge < -0.3 is 9.88 Å². The summed E-state index contributed by atoms with van der Waals surface area (Å²) in [4.78, 5) is 17.9. The number of fused-ring (bicyclic) bond motifs is 1. The van der Waals surface area contributed by atoms with E-state index in [1.54, 1.807) is 11.8 Å². The van der Waals surface area contributed by atoms with Gasteiger partial charge in [0.1, 0.15) is 0 Å². The number of benzene rings is 2. The second-order valence-corrected chi connectivity index (χ2v) is 8.46. The number of aromatic amines is 1. The van der Waals surface area contributed by atoms with Crippen LogP contribution >= 0.6 is 11.8 Å². The first-order valence-electron chi connectivity index (χ1n) is 9.79. The Labute approximate surface area is 170 Å². The van der Waals surface area contributed by atoms with Gasteiger partial charge in [0.05, 0.1) is 5.75 Å². The highest BCUT2D eigenvalue weighted by Gasteiger charge is 2.18. The van der Waals surface area contributed by atoms with E-state index in [1.165, 1.54) is 38.7 Å². The average Bonchev–Trinajstić information content (AvgIpc) is 3.10. The standard InChI is InChI=1S/C24H26N2OS/c1-17-12-22-21(14-25-23(22)13-18(17)2)15-28-16-24(27)26-10-8-20(9-11-26)19-6-4-3-5-7-19/h3-8,12-14,25H,9-11,15-16H2,1-2H3. The van der Waals surface area contributed by atoms with Crippen molar-refractivity contribution in [3.05, 3.63) is 77.0 Å². The van der Waals surface area contributed by atoms with E-state index in [-0.39, 0.29) is 5.91 Å². The molecule has 4 heteroatoms. The van der Waals surface area contributed by atoms with Crippen LogP contribution in [0.15, 0.2) is 54.7 Å². The third-order valence-corrected chi connectivity index (χ3v) is 6.54. The molecule has 0 saturated carbocycles. The van der Waals surface area contributed by atoms with Gasteiger partial charge in [0.15, 0.2) is 0 Å². The van der Waals surface area contributed by atoms with Crippen molar-refractivity contribution in [2.75, 3.05) is 18.8 Å². The highest BCUT2D eigenvalue weighted by Crippen LogP contribution is 2.26. The number of carbonyl (C=O) groups excluding carboxylic acids is 1. The molecular formula is C24H26N2OS. The lowest BCUT2D eigenvalue weighted by molar-refractivity contribution is -0.127. The smallest absolute Gasteiger partial charge is 0.232 e. The molecule has 1 N–H and O–H groups in total. The summed E-state index contributed by atoms with van der Waals surface area (Å²) in [6.45, 7) is 5.82. The van der Waals surface area contributed by atoms with Gasteiger partial charge in [-0.25, -0.2) is 0 Å². The van der Waals surface area contributed by atoms with Crippen molar-refractivity contribution in [2.45, 2.75) is 26.0 Å². The van der Waals surface area contributed by atoms with Gasteiger partial charge in [-0.2, -0.15) is 0 Å². The molecule has 0 fully saturated rings. The first-order chi connectivity index (χ1) is 13.6. The topological polar surface area (TPSA) is 36.1 Å². The minimum absolute atomic E-state index is 0.236. The zero-order valence-electron chi connectivity index (χ0n) is 16.5. The highest BCUT2D eigenvalue weighted by molar-refractivity contribution is 7.99. The molecule has 0 saturated heterocycles. The van der Waals surface area contributed by atoms with E-state index in [0.717, 1.165) is 25.3 Å². The molecular weight excluding hydrogens is 364 g/mol. The number of aromatic nitrogens is 1. The van der Waals surface area contributed by atoms with Gasteiger partial charge in [-0.05, 0) is 60.2 Å². The summed E-state index contributed by atoms with van der Waals surface area (Å²) >= 11 is 1.70. The minimum atomic E-state index is 0.236. The molecule has 0 unspecified atom stereocenters. The first kappa shape index (κ1) is 18.9. The summed E-state index contributed by atoms with van der Waals surface area (Å²) in [6, 6.07) is 14.9. The van der Waals surface area contributed by atoms with E-state index < -0.39 is 0 Å². The number of thioether (sulfide) groups is 1. The van der Waals surface area contributed by atoms with Crippen molar-refractivity contribution in [1.29, 1.82) is 0 Å². The molecule has 1 amide bonds. The number of hydrogen-bond donors (Lipinski definition) is 1. The van der Waals surface area contributed by atoms with Crippen molar-refractivity contribution >= 4 is 34.1 Å². The lowest BCUT2D eigenvalue weighted by Crippen LogP contribution is -2.35. The van der Waals surface area contributed by atoms with E-state index >= 15 is 0 Å². The Morgan fingerprint density at radius 1 is 1.14 bits per heavy atom. The number of H-pyrrole nitrogens is 1. The number of amides is 1. The number of nitrogens with zero attached hydrogens (tertiary/aromatic N) is 1. The van der Waals surface area contributed by atoms with Crippen LogP contribution in [0.5, 0.6) is 0 Å². The number of nitrogens with one attached hydrogen (secondary N) is 1. The predicted octanol–water partition coefficient (Wildman–Crippen LogP) is 5.33. The number of hydrogen-bond acceptors (Lipinski definition) is 2. The van der Waals surface area contributed by atoms with E-state index in [4.69, 9.17) is 0 Å². The SMILES string of the molecule is Cc1cc2[nH]cc(CSCC(=O)N3CC=C(c4ccccc4)CC3)c2cc1C. The Hall–Kier alpha value is -2.46. The number of aryl methyl sites for hydroxylation is 2. The monoisotopic (exact) mass is 390 g/mol. The fourth-order valence-electron chi connectivity index (χ4n) is 3.71. The van der Waals surface area contributed by atoms with Crippen LogP contribution in [0, 0.1) is 13.8 Å². The van der Waals surface area contributed by atoms with E-state index in [9.17, 15) is 4.79 Å². The summed E-state index contributed by atoms with van der Waals surface area (Å²) in [5.41, 5.74) is 7.69. The van der Waals surface area contributed by atoms with Crippen molar-refractivity contribution in [3.8, 4) is 0 Å². The van der Waals surface area contributed by atoms with Crippen LogP contribution in [0.1, 0.15) is 28.7 Å². The van der Waals surface area contributed by atoms with Gasteiger partial charge in [0.2, 0.25) is 5.91 Å². The summed E-state index contributed by atoms with van der Waals surface area (Å²) < 4.78 is 0. The summed E-state index contributed by atoms with van der Waals surface area (Å²) in [5, 5.41) is 1.27. The molecule has 0 atom stereocenters. The molecule has 1 aliphatic heterocycles. The van der Waals surface area contributed by atoms with Crippen molar-refractivity contribution < 1.29 is 4.79 Å². The molecule has 28 heavy (non-hydrogen) atoms. The molecule has 1 aromatic heterocycles. The van der Waals surface area contributed by atoms with Crippen LogP contribution in [0.2, 0.25) is 0 Å². The van der Waals surface area contributed by atoms with Gasteiger partial charge in [-0.3, -0.25) is 4.79 Å². The summed E-state index contributed by atoms with van der Waals surface area (Å²) in [5.74, 6) is 1.62. The fraction of sp³-hybridized carbons (Fsp3) is 0.292. The van der Waals surface area contributed by atoms with Gasteiger partial charge in [-0.1, -0.05) is 36.4 Å². The molecule has 0 aliphatic carbocycles. The summed E-state index contributed by atoms with van der Waals surface area (Å²) in [6.07, 6.45) is 5.21. The fourth-order valence-corrected chi connectivity index (χ4v) is 4.63. The first-order valence-corrected chi connectivity index (χ1v) is 10.9. The minimum Gasteiger partial charge on any atom is -0.361 e. The Balaban J connectivity index is 1.32. The van der Waals surface area contributed by atoms with Crippen LogP contribution in [-0.4, -0.2) is 34.6 Å². The number of carbonyl (C=O) groups is 1. The van der Waals surface area contributed by atoms with Gasteiger partial charge in [0.25, 0.3) is 0 Å². The third kappa shape index (κ3) is 4.02. The molecule has 1 aliphatic rings. The molecule has 0 radical (unpaired) electrons.